The molecule has 0 aliphatic carbocycles. The maximum Gasteiger partial charge on any atom is 0.0594 e. The molecule has 0 atom stereocenters. The lowest BCUT2D eigenvalue weighted by atomic mass is 9.94. The Morgan fingerprint density at radius 2 is 2.06 bits per heavy atom. The van der Waals surface area contributed by atoms with Crippen molar-refractivity contribution < 1.29 is 5.11 Å². The number of hydrogen-bond donors (Lipinski definition) is 1. The average Bonchev–Trinajstić information content (AvgIpc) is 2.54. The molecule has 1 aromatic rings. The second-order valence-corrected chi connectivity index (χ2v) is 5.54. The van der Waals surface area contributed by atoms with Gasteiger partial charge in [-0.3, -0.25) is 4.90 Å². The highest BCUT2D eigenvalue weighted by Gasteiger charge is 2.19. The summed E-state index contributed by atoms with van der Waals surface area (Å²) < 4.78 is 0. The van der Waals surface area contributed by atoms with Crippen LogP contribution in [0.3, 0.4) is 0 Å². The molecule has 2 rings (SSSR count). The minimum absolute atomic E-state index is 0.562. The lowest BCUT2D eigenvalue weighted by molar-refractivity contribution is 0.0713. The number of benzene rings is 1. The van der Waals surface area contributed by atoms with E-state index in [1.54, 1.807) is 0 Å². The number of aryl methyl sites for hydroxylation is 1. The van der Waals surface area contributed by atoms with E-state index in [2.05, 4.69) is 30.1 Å². The third-order valence-electron chi connectivity index (χ3n) is 3.24. The second-order valence-electron chi connectivity index (χ2n) is 5.54. The van der Waals surface area contributed by atoms with Crippen molar-refractivity contribution >= 4 is 0 Å². The molecule has 0 radical (unpaired) electrons. The summed E-state index contributed by atoms with van der Waals surface area (Å²) >= 11 is 0. The Labute approximate surface area is 97.9 Å². The Morgan fingerprint density at radius 1 is 1.31 bits per heavy atom. The van der Waals surface area contributed by atoms with Crippen molar-refractivity contribution in [2.75, 3.05) is 7.05 Å². The van der Waals surface area contributed by atoms with Gasteiger partial charge < -0.3 is 5.11 Å². The van der Waals surface area contributed by atoms with Gasteiger partial charge in [0.25, 0.3) is 0 Å². The smallest absolute Gasteiger partial charge is 0.0594 e. The van der Waals surface area contributed by atoms with Crippen molar-refractivity contribution in [3.05, 3.63) is 34.9 Å². The number of rotatable bonds is 3. The molecule has 1 N–H and O–H groups in total. The summed E-state index contributed by atoms with van der Waals surface area (Å²) in [4.78, 5) is 2.33. The first-order valence-corrected chi connectivity index (χ1v) is 5.96. The highest BCUT2D eigenvalue weighted by atomic mass is 16.3. The van der Waals surface area contributed by atoms with Crippen LogP contribution in [-0.4, -0.2) is 22.7 Å². The van der Waals surface area contributed by atoms with Crippen LogP contribution in [0.1, 0.15) is 37.0 Å². The van der Waals surface area contributed by atoms with Crippen molar-refractivity contribution in [1.82, 2.24) is 4.90 Å². The van der Waals surface area contributed by atoms with Crippen molar-refractivity contribution in [2.24, 2.45) is 0 Å². The van der Waals surface area contributed by atoms with Crippen molar-refractivity contribution in [1.29, 1.82) is 0 Å². The van der Waals surface area contributed by atoms with E-state index in [0.29, 0.717) is 0 Å². The fourth-order valence-corrected chi connectivity index (χ4v) is 2.33. The largest absolute Gasteiger partial charge is 0.390 e. The molecule has 0 aromatic heterocycles. The molecule has 1 aliphatic heterocycles. The molecule has 0 unspecified atom stereocenters. The van der Waals surface area contributed by atoms with Gasteiger partial charge in [0, 0.05) is 13.1 Å². The molecule has 0 fully saturated rings. The molecule has 88 valence electrons. The van der Waals surface area contributed by atoms with E-state index in [4.69, 9.17) is 0 Å². The van der Waals surface area contributed by atoms with Crippen LogP contribution in [0.4, 0.5) is 0 Å². The van der Waals surface area contributed by atoms with E-state index in [1.165, 1.54) is 16.7 Å². The van der Waals surface area contributed by atoms with E-state index in [0.717, 1.165) is 25.9 Å². The van der Waals surface area contributed by atoms with Crippen LogP contribution in [-0.2, 0) is 19.5 Å². The summed E-state index contributed by atoms with van der Waals surface area (Å²) in [6.45, 7) is 5.87. The molecule has 0 spiro atoms. The maximum absolute atomic E-state index is 9.77. The molecule has 0 bridgehead atoms. The molecule has 16 heavy (non-hydrogen) atoms. The maximum atomic E-state index is 9.77. The predicted octanol–water partition coefficient (Wildman–Crippen LogP) is 2.34. The van der Waals surface area contributed by atoms with Crippen molar-refractivity contribution in [3.8, 4) is 0 Å². The zero-order valence-corrected chi connectivity index (χ0v) is 10.5. The summed E-state index contributed by atoms with van der Waals surface area (Å²) in [5.41, 5.74) is 3.78. The molecule has 0 amide bonds. The molecular formula is C14H21NO. The first-order valence-electron chi connectivity index (χ1n) is 5.96. The van der Waals surface area contributed by atoms with Gasteiger partial charge in [0.1, 0.15) is 0 Å². The van der Waals surface area contributed by atoms with Crippen LogP contribution in [0.25, 0.3) is 0 Å². The van der Waals surface area contributed by atoms with E-state index in [1.807, 2.05) is 13.8 Å². The van der Waals surface area contributed by atoms with E-state index >= 15 is 0 Å². The SMILES string of the molecule is CN1Cc2cccc(CCC(C)(C)O)c2C1. The van der Waals surface area contributed by atoms with Crippen LogP contribution in [0.2, 0.25) is 0 Å². The molecule has 0 saturated carbocycles. The Hall–Kier alpha value is -0.860. The number of aliphatic hydroxyl groups is 1. The van der Waals surface area contributed by atoms with Crippen LogP contribution in [0, 0.1) is 0 Å². The lowest BCUT2D eigenvalue weighted by Crippen LogP contribution is -2.19. The van der Waals surface area contributed by atoms with Gasteiger partial charge in [-0.25, -0.2) is 0 Å². The van der Waals surface area contributed by atoms with Gasteiger partial charge >= 0.3 is 0 Å². The van der Waals surface area contributed by atoms with E-state index in [-0.39, 0.29) is 0 Å². The van der Waals surface area contributed by atoms with Crippen LogP contribution < -0.4 is 0 Å². The highest BCUT2D eigenvalue weighted by Crippen LogP contribution is 2.26. The van der Waals surface area contributed by atoms with Crippen LogP contribution in [0.15, 0.2) is 18.2 Å². The average molecular weight is 219 g/mol. The molecule has 2 nitrogen and oxygen atoms in total. The third kappa shape index (κ3) is 2.63. The molecule has 2 heteroatoms. The molecular weight excluding hydrogens is 198 g/mol. The standard InChI is InChI=1S/C14H21NO/c1-14(2,16)8-7-11-5-4-6-12-9-15(3)10-13(11)12/h4-6,16H,7-10H2,1-3H3. The summed E-state index contributed by atoms with van der Waals surface area (Å²) in [6, 6.07) is 6.55. The summed E-state index contributed by atoms with van der Waals surface area (Å²) in [6.07, 6.45) is 1.80. The van der Waals surface area contributed by atoms with Crippen LogP contribution >= 0.6 is 0 Å². The second kappa shape index (κ2) is 4.19. The lowest BCUT2D eigenvalue weighted by Gasteiger charge is -2.17. The number of fused-ring (bicyclic) bond motifs is 1. The Kier molecular flexibility index (Phi) is 3.04. The van der Waals surface area contributed by atoms with Crippen LogP contribution in [0.5, 0.6) is 0 Å². The van der Waals surface area contributed by atoms with Crippen molar-refractivity contribution in [2.45, 2.75) is 45.4 Å². The Morgan fingerprint density at radius 3 is 2.75 bits per heavy atom. The summed E-state index contributed by atoms with van der Waals surface area (Å²) in [5.74, 6) is 0. The van der Waals surface area contributed by atoms with Gasteiger partial charge in [-0.1, -0.05) is 18.2 Å². The van der Waals surface area contributed by atoms with Gasteiger partial charge in [-0.15, -0.1) is 0 Å². The molecule has 0 saturated heterocycles. The first-order chi connectivity index (χ1) is 7.46. The summed E-state index contributed by atoms with van der Waals surface area (Å²) in [7, 11) is 2.15. The highest BCUT2D eigenvalue weighted by molar-refractivity contribution is 5.38. The Bertz CT molecular complexity index is 379. The number of nitrogens with zero attached hydrogens (tertiary/aromatic N) is 1. The van der Waals surface area contributed by atoms with Gasteiger partial charge in [0.2, 0.25) is 0 Å². The van der Waals surface area contributed by atoms with Gasteiger partial charge in [0.15, 0.2) is 0 Å². The fraction of sp³-hybridized carbons (Fsp3) is 0.571. The van der Waals surface area contributed by atoms with E-state index in [9.17, 15) is 5.11 Å². The van der Waals surface area contributed by atoms with Crippen molar-refractivity contribution in [3.63, 3.8) is 0 Å². The van der Waals surface area contributed by atoms with Gasteiger partial charge in [0.05, 0.1) is 5.60 Å². The monoisotopic (exact) mass is 219 g/mol. The van der Waals surface area contributed by atoms with Gasteiger partial charge in [-0.05, 0) is 50.4 Å². The van der Waals surface area contributed by atoms with E-state index < -0.39 is 5.60 Å². The zero-order chi connectivity index (χ0) is 11.8. The molecule has 1 aromatic carbocycles. The molecule has 1 aliphatic rings. The zero-order valence-electron chi connectivity index (χ0n) is 10.5. The number of hydrogen-bond acceptors (Lipinski definition) is 2. The predicted molar refractivity (Wildman–Crippen MR) is 66.2 cm³/mol. The topological polar surface area (TPSA) is 23.5 Å². The fourth-order valence-electron chi connectivity index (χ4n) is 2.33. The quantitative estimate of drug-likeness (QED) is 0.843. The minimum Gasteiger partial charge on any atom is -0.390 e. The van der Waals surface area contributed by atoms with Gasteiger partial charge in [-0.2, -0.15) is 0 Å². The first kappa shape index (κ1) is 11.6. The minimum atomic E-state index is -0.562. The summed E-state index contributed by atoms with van der Waals surface area (Å²) in [5, 5.41) is 9.77. The normalized spacial score (nSPS) is 16.5. The Balaban J connectivity index is 2.14. The third-order valence-corrected chi connectivity index (χ3v) is 3.24. The molecule has 1 heterocycles.